The van der Waals surface area contributed by atoms with Crippen LogP contribution in [-0.4, -0.2) is 18.4 Å². The molecule has 4 heteroatoms. The zero-order chi connectivity index (χ0) is 16.0. The Balaban J connectivity index is 1.59. The number of para-hydroxylation sites is 1. The Morgan fingerprint density at radius 3 is 2.61 bits per heavy atom. The Kier molecular flexibility index (Phi) is 3.43. The Morgan fingerprint density at radius 2 is 1.96 bits per heavy atom. The first-order valence-corrected chi connectivity index (χ1v) is 8.74. The van der Waals surface area contributed by atoms with Crippen LogP contribution in [-0.2, 0) is 16.0 Å². The number of nitrogens with two attached hydrogens (primary N) is 1. The molecule has 1 aromatic carbocycles. The highest BCUT2D eigenvalue weighted by atomic mass is 16.2. The quantitative estimate of drug-likeness (QED) is 0.932. The number of amides is 2. The van der Waals surface area contributed by atoms with E-state index < -0.39 is 0 Å². The number of nitrogens with zero attached hydrogens (tertiary/aromatic N) is 1. The molecule has 2 amide bonds. The zero-order valence-electron chi connectivity index (χ0n) is 13.5. The lowest BCUT2D eigenvalue weighted by atomic mass is 9.80. The third-order valence-electron chi connectivity index (χ3n) is 6.27. The predicted octanol–water partition coefficient (Wildman–Crippen LogP) is 2.65. The molecule has 0 radical (unpaired) electrons. The van der Waals surface area contributed by atoms with E-state index in [9.17, 15) is 9.59 Å². The van der Waals surface area contributed by atoms with E-state index in [1.807, 2.05) is 29.2 Å². The van der Waals surface area contributed by atoms with Crippen molar-refractivity contribution >= 4 is 17.5 Å². The van der Waals surface area contributed by atoms with Gasteiger partial charge in [0.15, 0.2) is 0 Å². The molecule has 4 rings (SSSR count). The summed E-state index contributed by atoms with van der Waals surface area (Å²) in [6.07, 6.45) is 7.44. The van der Waals surface area contributed by atoms with Crippen LogP contribution in [0.1, 0.15) is 44.1 Å². The summed E-state index contributed by atoms with van der Waals surface area (Å²) in [4.78, 5) is 26.6. The molecule has 122 valence electrons. The molecule has 0 spiro atoms. The fourth-order valence-electron chi connectivity index (χ4n) is 5.00. The Labute approximate surface area is 137 Å². The van der Waals surface area contributed by atoms with Gasteiger partial charge < -0.3 is 10.6 Å². The van der Waals surface area contributed by atoms with Gasteiger partial charge in [-0.25, -0.2) is 0 Å². The summed E-state index contributed by atoms with van der Waals surface area (Å²) in [7, 11) is 0. The number of benzene rings is 1. The lowest BCUT2D eigenvalue weighted by Gasteiger charge is -2.36. The van der Waals surface area contributed by atoms with Crippen LogP contribution in [0.4, 0.5) is 5.69 Å². The molecule has 2 aliphatic carbocycles. The lowest BCUT2D eigenvalue weighted by Crippen LogP contribution is -2.45. The first-order valence-electron chi connectivity index (χ1n) is 8.74. The van der Waals surface area contributed by atoms with Crippen LogP contribution < -0.4 is 10.6 Å². The number of hydrogen-bond donors (Lipinski definition) is 1. The minimum atomic E-state index is -0.308. The van der Waals surface area contributed by atoms with Crippen molar-refractivity contribution in [2.24, 2.45) is 23.0 Å². The second-order valence-corrected chi connectivity index (χ2v) is 7.76. The van der Waals surface area contributed by atoms with Crippen LogP contribution in [0.2, 0.25) is 0 Å². The van der Waals surface area contributed by atoms with Crippen molar-refractivity contribution in [2.45, 2.75) is 44.9 Å². The molecule has 0 aromatic heterocycles. The fourth-order valence-corrected chi connectivity index (χ4v) is 5.00. The monoisotopic (exact) mass is 312 g/mol. The number of carbonyl (C=O) groups excluding carboxylic acids is 2. The molecule has 2 fully saturated rings. The topological polar surface area (TPSA) is 63.4 Å². The molecule has 1 unspecified atom stereocenters. The summed E-state index contributed by atoms with van der Waals surface area (Å²) in [6, 6.07) is 7.92. The van der Waals surface area contributed by atoms with Crippen LogP contribution in [0.3, 0.4) is 0 Å². The van der Waals surface area contributed by atoms with E-state index in [0.717, 1.165) is 17.2 Å². The normalized spacial score (nSPS) is 31.9. The van der Waals surface area contributed by atoms with Crippen LogP contribution in [0.15, 0.2) is 24.3 Å². The first kappa shape index (κ1) is 14.7. The van der Waals surface area contributed by atoms with Gasteiger partial charge in [0.2, 0.25) is 11.8 Å². The van der Waals surface area contributed by atoms with E-state index in [-0.39, 0.29) is 23.1 Å². The van der Waals surface area contributed by atoms with Gasteiger partial charge in [0.25, 0.3) is 0 Å². The SMILES string of the molecule is NC(=O)C1Cc2ccccc2N(C(=O)CC23CCC(CC2)C3)C1. The molecule has 0 saturated heterocycles. The summed E-state index contributed by atoms with van der Waals surface area (Å²) in [5.41, 5.74) is 7.80. The second-order valence-electron chi connectivity index (χ2n) is 7.76. The second kappa shape index (κ2) is 5.36. The van der Waals surface area contributed by atoms with Gasteiger partial charge in [0.1, 0.15) is 0 Å². The van der Waals surface area contributed by atoms with Gasteiger partial charge in [-0.05, 0) is 61.5 Å². The number of fused-ring (bicyclic) bond motifs is 3. The van der Waals surface area contributed by atoms with Crippen molar-refractivity contribution in [1.82, 2.24) is 0 Å². The van der Waals surface area contributed by atoms with Crippen molar-refractivity contribution in [2.75, 3.05) is 11.4 Å². The number of rotatable bonds is 3. The molecule has 1 heterocycles. The number of anilines is 1. The van der Waals surface area contributed by atoms with Crippen LogP contribution in [0, 0.1) is 17.3 Å². The van der Waals surface area contributed by atoms with Crippen molar-refractivity contribution in [1.29, 1.82) is 0 Å². The molecule has 1 aromatic rings. The summed E-state index contributed by atoms with van der Waals surface area (Å²) >= 11 is 0. The molecule has 2 N–H and O–H groups in total. The number of primary amides is 1. The molecule has 1 atom stereocenters. The highest BCUT2D eigenvalue weighted by Crippen LogP contribution is 2.56. The highest BCUT2D eigenvalue weighted by molar-refractivity contribution is 5.96. The molecule has 2 bridgehead atoms. The average Bonchev–Trinajstić information content (AvgIpc) is 3.13. The van der Waals surface area contributed by atoms with E-state index in [0.29, 0.717) is 19.4 Å². The highest BCUT2D eigenvalue weighted by Gasteiger charge is 2.46. The van der Waals surface area contributed by atoms with E-state index >= 15 is 0 Å². The number of hydrogen-bond acceptors (Lipinski definition) is 2. The Bertz CT molecular complexity index is 647. The van der Waals surface area contributed by atoms with Crippen molar-refractivity contribution < 1.29 is 9.59 Å². The van der Waals surface area contributed by atoms with Crippen LogP contribution >= 0.6 is 0 Å². The summed E-state index contributed by atoms with van der Waals surface area (Å²) in [6.45, 7) is 0.435. The third kappa shape index (κ3) is 2.54. The maximum absolute atomic E-state index is 13.0. The molecule has 4 nitrogen and oxygen atoms in total. The van der Waals surface area contributed by atoms with Gasteiger partial charge in [0.05, 0.1) is 5.92 Å². The third-order valence-corrected chi connectivity index (χ3v) is 6.27. The molecule has 1 aliphatic heterocycles. The Morgan fingerprint density at radius 1 is 1.22 bits per heavy atom. The molecule has 23 heavy (non-hydrogen) atoms. The summed E-state index contributed by atoms with van der Waals surface area (Å²) in [5, 5.41) is 0. The Hall–Kier alpha value is -1.84. The van der Waals surface area contributed by atoms with Gasteiger partial charge in [-0.2, -0.15) is 0 Å². The maximum atomic E-state index is 13.0. The zero-order valence-corrected chi connectivity index (χ0v) is 13.5. The summed E-state index contributed by atoms with van der Waals surface area (Å²) in [5.74, 6) is 0.435. The minimum absolute atomic E-state index is 0.172. The van der Waals surface area contributed by atoms with Gasteiger partial charge >= 0.3 is 0 Å². The lowest BCUT2D eigenvalue weighted by molar-refractivity contribution is -0.123. The van der Waals surface area contributed by atoms with Gasteiger partial charge in [-0.1, -0.05) is 18.2 Å². The maximum Gasteiger partial charge on any atom is 0.227 e. The van der Waals surface area contributed by atoms with Crippen LogP contribution in [0.25, 0.3) is 0 Å². The van der Waals surface area contributed by atoms with E-state index in [1.54, 1.807) is 0 Å². The van der Waals surface area contributed by atoms with Gasteiger partial charge in [0, 0.05) is 18.7 Å². The van der Waals surface area contributed by atoms with E-state index in [2.05, 4.69) is 0 Å². The molecule has 3 aliphatic rings. The fraction of sp³-hybridized carbons (Fsp3) is 0.579. The first-order chi connectivity index (χ1) is 11.1. The summed E-state index contributed by atoms with van der Waals surface area (Å²) < 4.78 is 0. The van der Waals surface area contributed by atoms with Crippen molar-refractivity contribution in [3.63, 3.8) is 0 Å². The predicted molar refractivity (Wildman–Crippen MR) is 88.8 cm³/mol. The smallest absolute Gasteiger partial charge is 0.227 e. The van der Waals surface area contributed by atoms with Crippen molar-refractivity contribution in [3.8, 4) is 0 Å². The largest absolute Gasteiger partial charge is 0.369 e. The van der Waals surface area contributed by atoms with Crippen LogP contribution in [0.5, 0.6) is 0 Å². The van der Waals surface area contributed by atoms with Gasteiger partial charge in [-0.3, -0.25) is 9.59 Å². The minimum Gasteiger partial charge on any atom is -0.369 e. The van der Waals surface area contributed by atoms with E-state index in [1.165, 1.54) is 32.1 Å². The average molecular weight is 312 g/mol. The van der Waals surface area contributed by atoms with Crippen molar-refractivity contribution in [3.05, 3.63) is 29.8 Å². The standard InChI is InChI=1S/C19H24N2O2/c20-18(23)15-9-14-3-1-2-4-16(14)21(12-15)17(22)11-19-7-5-13(10-19)6-8-19/h1-4,13,15H,5-12H2,(H2,20,23). The number of carbonyl (C=O) groups is 2. The van der Waals surface area contributed by atoms with Gasteiger partial charge in [-0.15, -0.1) is 0 Å². The van der Waals surface area contributed by atoms with E-state index in [4.69, 9.17) is 5.73 Å². The molecular weight excluding hydrogens is 288 g/mol. The molecular formula is C19H24N2O2. The molecule has 2 saturated carbocycles.